The van der Waals surface area contributed by atoms with E-state index in [1.54, 1.807) is 0 Å². The number of carbonyl (C=O) groups is 1. The van der Waals surface area contributed by atoms with Gasteiger partial charge in [-0.3, -0.25) is 9.79 Å². The zero-order chi connectivity index (χ0) is 13.4. The van der Waals surface area contributed by atoms with Crippen LogP contribution in [0.15, 0.2) is 4.99 Å². The van der Waals surface area contributed by atoms with Gasteiger partial charge in [0.2, 0.25) is 5.91 Å². The molecule has 0 spiro atoms. The van der Waals surface area contributed by atoms with E-state index in [4.69, 9.17) is 10.5 Å². The number of nitrogens with zero attached hydrogens (tertiary/aromatic N) is 1. The van der Waals surface area contributed by atoms with Gasteiger partial charge >= 0.3 is 0 Å². The molecule has 0 aromatic carbocycles. The minimum absolute atomic E-state index is 0. The highest BCUT2D eigenvalue weighted by molar-refractivity contribution is 14.0. The fourth-order valence-corrected chi connectivity index (χ4v) is 1.62. The van der Waals surface area contributed by atoms with Crippen LogP contribution in [0, 0.1) is 5.92 Å². The van der Waals surface area contributed by atoms with Gasteiger partial charge in [0, 0.05) is 25.6 Å². The van der Waals surface area contributed by atoms with E-state index >= 15 is 0 Å². The lowest BCUT2D eigenvalue weighted by molar-refractivity contribution is -0.123. The molecule has 1 fully saturated rings. The standard InChI is InChI=1S/C12H24N4O2.HI/c1-9(2)11(17)14-5-6-15-12(13)16-8-10-4-3-7-18-10;/h9-10H,3-8H2,1-2H3,(H,14,17)(H3,13,15,16);1H. The van der Waals surface area contributed by atoms with Crippen molar-refractivity contribution < 1.29 is 9.53 Å². The van der Waals surface area contributed by atoms with Crippen molar-refractivity contribution in [3.8, 4) is 0 Å². The van der Waals surface area contributed by atoms with Gasteiger partial charge in [-0.05, 0) is 12.8 Å². The molecule has 0 aromatic heterocycles. The van der Waals surface area contributed by atoms with E-state index in [0.29, 0.717) is 25.6 Å². The normalized spacial score (nSPS) is 19.1. The molecule has 1 aliphatic rings. The first-order chi connectivity index (χ1) is 8.59. The number of guanidine groups is 1. The molecule has 1 saturated heterocycles. The Hall–Kier alpha value is -0.570. The lowest BCUT2D eigenvalue weighted by atomic mass is 10.2. The second kappa shape index (κ2) is 10.2. The van der Waals surface area contributed by atoms with Crippen molar-refractivity contribution in [3.63, 3.8) is 0 Å². The summed E-state index contributed by atoms with van der Waals surface area (Å²) >= 11 is 0. The Morgan fingerprint density at radius 1 is 1.42 bits per heavy atom. The molecule has 1 unspecified atom stereocenters. The van der Waals surface area contributed by atoms with Crippen LogP contribution in [0.3, 0.4) is 0 Å². The van der Waals surface area contributed by atoms with Gasteiger partial charge in [0.25, 0.3) is 0 Å². The number of amides is 1. The number of halogens is 1. The highest BCUT2D eigenvalue weighted by atomic mass is 127. The van der Waals surface area contributed by atoms with E-state index in [2.05, 4.69) is 15.6 Å². The van der Waals surface area contributed by atoms with Crippen LogP contribution in [0.1, 0.15) is 26.7 Å². The van der Waals surface area contributed by atoms with Gasteiger partial charge in [0.1, 0.15) is 0 Å². The zero-order valence-electron chi connectivity index (χ0n) is 11.6. The average Bonchev–Trinajstić information content (AvgIpc) is 2.84. The van der Waals surface area contributed by atoms with E-state index in [1.165, 1.54) is 0 Å². The molecule has 19 heavy (non-hydrogen) atoms. The highest BCUT2D eigenvalue weighted by Crippen LogP contribution is 2.11. The second-order valence-corrected chi connectivity index (χ2v) is 4.73. The Bertz CT molecular complexity index is 291. The fourth-order valence-electron chi connectivity index (χ4n) is 1.62. The number of ether oxygens (including phenoxy) is 1. The van der Waals surface area contributed by atoms with Gasteiger partial charge in [0.15, 0.2) is 5.96 Å². The summed E-state index contributed by atoms with van der Waals surface area (Å²) in [4.78, 5) is 15.5. The third-order valence-corrected chi connectivity index (χ3v) is 2.74. The maximum absolute atomic E-state index is 11.3. The Morgan fingerprint density at radius 3 is 2.68 bits per heavy atom. The van der Waals surface area contributed by atoms with Crippen LogP contribution in [-0.2, 0) is 9.53 Å². The van der Waals surface area contributed by atoms with Crippen molar-refractivity contribution >= 4 is 35.8 Å². The van der Waals surface area contributed by atoms with Crippen molar-refractivity contribution in [1.82, 2.24) is 10.6 Å². The molecule has 0 radical (unpaired) electrons. The molecule has 0 aliphatic carbocycles. The second-order valence-electron chi connectivity index (χ2n) is 4.73. The SMILES string of the molecule is CC(C)C(=O)NCCNC(N)=NCC1CCCO1.I. The molecule has 0 aromatic rings. The molecule has 1 amide bonds. The molecule has 1 rings (SSSR count). The van der Waals surface area contributed by atoms with Gasteiger partial charge in [-0.15, -0.1) is 24.0 Å². The summed E-state index contributed by atoms with van der Waals surface area (Å²) in [7, 11) is 0. The number of carbonyl (C=O) groups excluding carboxylic acids is 1. The summed E-state index contributed by atoms with van der Waals surface area (Å²) in [6, 6.07) is 0. The van der Waals surface area contributed by atoms with Crippen LogP contribution < -0.4 is 16.4 Å². The minimum atomic E-state index is 0. The molecule has 112 valence electrons. The molecular weight excluding hydrogens is 359 g/mol. The van der Waals surface area contributed by atoms with Gasteiger partial charge in [-0.25, -0.2) is 0 Å². The highest BCUT2D eigenvalue weighted by Gasteiger charge is 2.14. The summed E-state index contributed by atoms with van der Waals surface area (Å²) < 4.78 is 5.44. The quantitative estimate of drug-likeness (QED) is 0.269. The van der Waals surface area contributed by atoms with E-state index in [9.17, 15) is 4.79 Å². The number of hydrogen-bond acceptors (Lipinski definition) is 3. The number of nitrogens with one attached hydrogen (secondary N) is 2. The van der Waals surface area contributed by atoms with Crippen molar-refractivity contribution in [2.24, 2.45) is 16.6 Å². The van der Waals surface area contributed by atoms with Gasteiger partial charge < -0.3 is 21.1 Å². The van der Waals surface area contributed by atoms with Crippen LogP contribution in [0.5, 0.6) is 0 Å². The Labute approximate surface area is 132 Å². The van der Waals surface area contributed by atoms with Crippen LogP contribution in [0.25, 0.3) is 0 Å². The lowest BCUT2D eigenvalue weighted by Crippen LogP contribution is -2.39. The summed E-state index contributed by atoms with van der Waals surface area (Å²) in [5.41, 5.74) is 5.70. The third-order valence-electron chi connectivity index (χ3n) is 2.74. The molecule has 1 heterocycles. The van der Waals surface area contributed by atoms with Crippen LogP contribution in [-0.4, -0.2) is 44.2 Å². The Kier molecular flexibility index (Phi) is 9.94. The predicted molar refractivity (Wildman–Crippen MR) is 86.7 cm³/mol. The average molecular weight is 384 g/mol. The zero-order valence-corrected chi connectivity index (χ0v) is 14.0. The molecule has 0 bridgehead atoms. The number of hydrogen-bond donors (Lipinski definition) is 3. The van der Waals surface area contributed by atoms with Crippen molar-refractivity contribution in [1.29, 1.82) is 0 Å². The van der Waals surface area contributed by atoms with Gasteiger partial charge in [-0.1, -0.05) is 13.8 Å². The van der Waals surface area contributed by atoms with Crippen LogP contribution in [0.2, 0.25) is 0 Å². The molecule has 6 nitrogen and oxygen atoms in total. The van der Waals surface area contributed by atoms with E-state index in [-0.39, 0.29) is 41.9 Å². The number of nitrogens with two attached hydrogens (primary N) is 1. The Morgan fingerprint density at radius 2 is 2.11 bits per heavy atom. The summed E-state index contributed by atoms with van der Waals surface area (Å²) in [6.45, 7) is 6.29. The first kappa shape index (κ1) is 18.4. The van der Waals surface area contributed by atoms with Crippen molar-refractivity contribution in [2.45, 2.75) is 32.8 Å². The minimum Gasteiger partial charge on any atom is -0.376 e. The molecule has 4 N–H and O–H groups in total. The maximum Gasteiger partial charge on any atom is 0.222 e. The summed E-state index contributed by atoms with van der Waals surface area (Å²) in [6.07, 6.45) is 2.38. The monoisotopic (exact) mass is 384 g/mol. The van der Waals surface area contributed by atoms with E-state index in [1.807, 2.05) is 13.8 Å². The first-order valence-electron chi connectivity index (χ1n) is 6.52. The van der Waals surface area contributed by atoms with Crippen LogP contribution in [0.4, 0.5) is 0 Å². The fraction of sp³-hybridized carbons (Fsp3) is 0.833. The van der Waals surface area contributed by atoms with E-state index < -0.39 is 0 Å². The summed E-state index contributed by atoms with van der Waals surface area (Å²) in [5.74, 6) is 0.464. The van der Waals surface area contributed by atoms with Crippen molar-refractivity contribution in [3.05, 3.63) is 0 Å². The van der Waals surface area contributed by atoms with Crippen molar-refractivity contribution in [2.75, 3.05) is 26.2 Å². The Balaban J connectivity index is 0.00000324. The molecule has 7 heteroatoms. The molecule has 1 atom stereocenters. The summed E-state index contributed by atoms with van der Waals surface area (Å²) in [5, 5.41) is 5.76. The van der Waals surface area contributed by atoms with Gasteiger partial charge in [-0.2, -0.15) is 0 Å². The number of aliphatic imine (C=N–C) groups is 1. The molecule has 1 aliphatic heterocycles. The maximum atomic E-state index is 11.3. The lowest BCUT2D eigenvalue weighted by Gasteiger charge is -2.10. The first-order valence-corrected chi connectivity index (χ1v) is 6.52. The van der Waals surface area contributed by atoms with E-state index in [0.717, 1.165) is 19.4 Å². The smallest absolute Gasteiger partial charge is 0.222 e. The third kappa shape index (κ3) is 8.25. The van der Waals surface area contributed by atoms with Crippen LogP contribution >= 0.6 is 24.0 Å². The molecular formula is C12H25IN4O2. The topological polar surface area (TPSA) is 88.7 Å². The number of rotatable bonds is 6. The predicted octanol–water partition coefficient (Wildman–Crippen LogP) is 0.460. The van der Waals surface area contributed by atoms with Gasteiger partial charge in [0.05, 0.1) is 12.6 Å². The largest absolute Gasteiger partial charge is 0.376 e. The molecule has 0 saturated carbocycles.